The van der Waals surface area contributed by atoms with Gasteiger partial charge in [-0.05, 0) is 23.8 Å². The lowest BCUT2D eigenvalue weighted by molar-refractivity contribution is -0.133. The first kappa shape index (κ1) is 14.7. The molecule has 0 bridgehead atoms. The van der Waals surface area contributed by atoms with Crippen LogP contribution in [-0.2, 0) is 16.1 Å². The predicted octanol–water partition coefficient (Wildman–Crippen LogP) is 1.36. The van der Waals surface area contributed by atoms with Gasteiger partial charge in [-0.1, -0.05) is 12.1 Å². The number of nitrogens with zero attached hydrogens (tertiary/aromatic N) is 2. The molecule has 0 radical (unpaired) electrons. The zero-order valence-electron chi connectivity index (χ0n) is 11.4. The number of nitrogens with one attached hydrogen (secondary N) is 1. The number of esters is 1. The van der Waals surface area contributed by atoms with Gasteiger partial charge in [-0.25, -0.2) is 9.18 Å². The van der Waals surface area contributed by atoms with Crippen LogP contribution in [0.5, 0.6) is 0 Å². The molecule has 1 N–H and O–H groups in total. The fraction of sp³-hybridized carbons (Fsp3) is 0.214. The second-order valence-corrected chi connectivity index (χ2v) is 4.43. The van der Waals surface area contributed by atoms with E-state index in [9.17, 15) is 14.0 Å². The number of hydrogen-bond donors (Lipinski definition) is 1. The molecule has 7 heteroatoms. The summed E-state index contributed by atoms with van der Waals surface area (Å²) in [6.45, 7) is -0.151. The van der Waals surface area contributed by atoms with Crippen molar-refractivity contribution in [3.63, 3.8) is 0 Å². The third kappa shape index (κ3) is 4.13. The number of rotatable bonds is 5. The maximum atomic E-state index is 13.0. The largest absolute Gasteiger partial charge is 0.451 e. The Kier molecular flexibility index (Phi) is 4.65. The molecule has 0 atom stereocenters. The molecule has 1 amide bonds. The van der Waals surface area contributed by atoms with Crippen LogP contribution in [0, 0.1) is 5.82 Å². The van der Waals surface area contributed by atoms with Gasteiger partial charge in [0.1, 0.15) is 11.5 Å². The highest BCUT2D eigenvalue weighted by molar-refractivity contribution is 5.89. The van der Waals surface area contributed by atoms with Crippen LogP contribution in [0.2, 0.25) is 0 Å². The van der Waals surface area contributed by atoms with Crippen molar-refractivity contribution in [1.82, 2.24) is 15.1 Å². The van der Waals surface area contributed by atoms with Crippen LogP contribution in [0.4, 0.5) is 4.39 Å². The van der Waals surface area contributed by atoms with E-state index >= 15 is 0 Å². The highest BCUT2D eigenvalue weighted by atomic mass is 19.1. The molecule has 0 unspecified atom stereocenters. The van der Waals surface area contributed by atoms with Crippen LogP contribution in [0.15, 0.2) is 36.5 Å². The van der Waals surface area contributed by atoms with Crippen LogP contribution in [-0.4, -0.2) is 40.6 Å². The van der Waals surface area contributed by atoms with E-state index in [-0.39, 0.29) is 30.6 Å². The van der Waals surface area contributed by atoms with Crippen molar-refractivity contribution < 1.29 is 18.7 Å². The van der Waals surface area contributed by atoms with Crippen LogP contribution < -0.4 is 0 Å². The Bertz CT molecular complexity index is 628. The standard InChI is InChI=1S/C14H14FN3O3/c1-18(8-10-3-2-4-11(15)7-10)13(19)9-21-14(20)12-5-6-16-17-12/h2-7H,8-9H2,1H3,(H,16,17). The topological polar surface area (TPSA) is 75.3 Å². The lowest BCUT2D eigenvalue weighted by Crippen LogP contribution is -2.30. The molecule has 1 heterocycles. The fourth-order valence-corrected chi connectivity index (χ4v) is 1.68. The van der Waals surface area contributed by atoms with Gasteiger partial charge in [0.15, 0.2) is 6.61 Å². The molecule has 0 aliphatic carbocycles. The third-order valence-electron chi connectivity index (χ3n) is 2.78. The second kappa shape index (κ2) is 6.65. The Morgan fingerprint density at radius 1 is 1.38 bits per heavy atom. The predicted molar refractivity (Wildman–Crippen MR) is 71.7 cm³/mol. The number of carbonyl (C=O) groups is 2. The molecular formula is C14H14FN3O3. The third-order valence-corrected chi connectivity index (χ3v) is 2.78. The average Bonchev–Trinajstić information content (AvgIpc) is 2.98. The number of likely N-dealkylation sites (N-methyl/N-ethyl adjacent to an activating group) is 1. The summed E-state index contributed by atoms with van der Waals surface area (Å²) in [5.74, 6) is -1.40. The van der Waals surface area contributed by atoms with E-state index in [1.54, 1.807) is 19.2 Å². The molecule has 0 aliphatic rings. The van der Waals surface area contributed by atoms with Crippen LogP contribution in [0.3, 0.4) is 0 Å². The normalized spacial score (nSPS) is 10.2. The molecule has 1 aromatic carbocycles. The molecule has 2 rings (SSSR count). The van der Waals surface area contributed by atoms with E-state index in [2.05, 4.69) is 10.2 Å². The van der Waals surface area contributed by atoms with Gasteiger partial charge in [-0.3, -0.25) is 9.89 Å². The first-order valence-electron chi connectivity index (χ1n) is 6.21. The lowest BCUT2D eigenvalue weighted by Gasteiger charge is -2.17. The summed E-state index contributed by atoms with van der Waals surface area (Å²) in [6.07, 6.45) is 1.41. The molecule has 21 heavy (non-hydrogen) atoms. The molecule has 0 saturated carbocycles. The fourth-order valence-electron chi connectivity index (χ4n) is 1.68. The number of aromatic amines is 1. The molecule has 2 aromatic rings. The molecule has 110 valence electrons. The summed E-state index contributed by atoms with van der Waals surface area (Å²) >= 11 is 0. The summed E-state index contributed by atoms with van der Waals surface area (Å²) < 4.78 is 17.9. The van der Waals surface area contributed by atoms with E-state index in [0.29, 0.717) is 5.56 Å². The summed E-state index contributed by atoms with van der Waals surface area (Å²) in [5.41, 5.74) is 0.835. The summed E-state index contributed by atoms with van der Waals surface area (Å²) in [4.78, 5) is 24.7. The van der Waals surface area contributed by atoms with Crippen molar-refractivity contribution >= 4 is 11.9 Å². The van der Waals surface area contributed by atoms with Gasteiger partial charge in [0, 0.05) is 19.8 Å². The van der Waals surface area contributed by atoms with Gasteiger partial charge in [0.25, 0.3) is 5.91 Å². The highest BCUT2D eigenvalue weighted by Crippen LogP contribution is 2.06. The van der Waals surface area contributed by atoms with Gasteiger partial charge < -0.3 is 9.64 Å². The first-order chi connectivity index (χ1) is 10.1. The minimum Gasteiger partial charge on any atom is -0.451 e. The lowest BCUT2D eigenvalue weighted by atomic mass is 10.2. The number of halogens is 1. The molecule has 6 nitrogen and oxygen atoms in total. The van der Waals surface area contributed by atoms with Crippen molar-refractivity contribution in [3.8, 4) is 0 Å². The SMILES string of the molecule is CN(Cc1cccc(F)c1)C(=O)COC(=O)c1ccn[nH]1. The minimum absolute atomic E-state index is 0.176. The molecular weight excluding hydrogens is 277 g/mol. The number of hydrogen-bond acceptors (Lipinski definition) is 4. The second-order valence-electron chi connectivity index (χ2n) is 4.43. The number of ether oxygens (including phenoxy) is 1. The molecule has 0 fully saturated rings. The molecule has 0 aliphatic heterocycles. The van der Waals surface area contributed by atoms with Crippen LogP contribution in [0.25, 0.3) is 0 Å². The molecule has 1 aromatic heterocycles. The number of benzene rings is 1. The summed E-state index contributed by atoms with van der Waals surface area (Å²) in [5, 5.41) is 6.06. The smallest absolute Gasteiger partial charge is 0.356 e. The maximum Gasteiger partial charge on any atom is 0.356 e. The first-order valence-corrected chi connectivity index (χ1v) is 6.21. The molecule has 0 spiro atoms. The van der Waals surface area contributed by atoms with Crippen molar-refractivity contribution in [3.05, 3.63) is 53.6 Å². The van der Waals surface area contributed by atoms with Crippen molar-refractivity contribution in [1.29, 1.82) is 0 Å². The Labute approximate surface area is 120 Å². The van der Waals surface area contributed by atoms with E-state index in [4.69, 9.17) is 4.74 Å². The number of aromatic nitrogens is 2. The summed E-state index contributed by atoms with van der Waals surface area (Å²) in [7, 11) is 1.55. The number of carbonyl (C=O) groups excluding carboxylic acids is 2. The quantitative estimate of drug-likeness (QED) is 0.844. The maximum absolute atomic E-state index is 13.0. The van der Waals surface area contributed by atoms with Crippen molar-refractivity contribution in [2.24, 2.45) is 0 Å². The van der Waals surface area contributed by atoms with Gasteiger partial charge in [0.2, 0.25) is 0 Å². The van der Waals surface area contributed by atoms with Gasteiger partial charge in [-0.15, -0.1) is 0 Å². The van der Waals surface area contributed by atoms with Crippen LogP contribution in [0.1, 0.15) is 16.1 Å². The Morgan fingerprint density at radius 2 is 2.19 bits per heavy atom. The van der Waals surface area contributed by atoms with E-state index < -0.39 is 5.97 Å². The average molecular weight is 291 g/mol. The Morgan fingerprint density at radius 3 is 2.86 bits per heavy atom. The van der Waals surface area contributed by atoms with Crippen molar-refractivity contribution in [2.45, 2.75) is 6.54 Å². The minimum atomic E-state index is -0.653. The Hall–Kier alpha value is -2.70. The highest BCUT2D eigenvalue weighted by Gasteiger charge is 2.14. The van der Waals surface area contributed by atoms with E-state index in [0.717, 1.165) is 0 Å². The monoisotopic (exact) mass is 291 g/mol. The number of amides is 1. The van der Waals surface area contributed by atoms with Crippen LogP contribution >= 0.6 is 0 Å². The summed E-state index contributed by atoms with van der Waals surface area (Å²) in [6, 6.07) is 7.41. The van der Waals surface area contributed by atoms with Gasteiger partial charge in [0.05, 0.1) is 0 Å². The Balaban J connectivity index is 1.84. The van der Waals surface area contributed by atoms with Gasteiger partial charge >= 0.3 is 5.97 Å². The number of H-pyrrole nitrogens is 1. The van der Waals surface area contributed by atoms with E-state index in [1.165, 1.54) is 29.3 Å². The van der Waals surface area contributed by atoms with Crippen molar-refractivity contribution in [2.75, 3.05) is 13.7 Å². The zero-order valence-corrected chi connectivity index (χ0v) is 11.4. The zero-order chi connectivity index (χ0) is 15.2. The molecule has 0 saturated heterocycles. The van der Waals surface area contributed by atoms with Gasteiger partial charge in [-0.2, -0.15) is 5.10 Å². The van der Waals surface area contributed by atoms with E-state index in [1.807, 2.05) is 0 Å².